The summed E-state index contributed by atoms with van der Waals surface area (Å²) in [5.41, 5.74) is 11.0. The van der Waals surface area contributed by atoms with Crippen LogP contribution in [-0.4, -0.2) is 20.9 Å². The minimum Gasteiger partial charge on any atom is -0.399 e. The number of nitrogens with zero attached hydrogens (tertiary/aromatic N) is 3. The van der Waals surface area contributed by atoms with E-state index in [4.69, 9.17) is 5.73 Å². The highest BCUT2D eigenvalue weighted by Crippen LogP contribution is 2.27. The first-order valence-electron chi connectivity index (χ1n) is 10.4. The highest BCUT2D eigenvalue weighted by molar-refractivity contribution is 6.04. The number of amides is 1. The average Bonchev–Trinajstić information content (AvgIpc) is 2.85. The zero-order valence-electron chi connectivity index (χ0n) is 17.6. The van der Waals surface area contributed by atoms with E-state index in [0.717, 1.165) is 27.8 Å². The number of pyridine rings is 1. The Morgan fingerprint density at radius 2 is 1.55 bits per heavy atom. The van der Waals surface area contributed by atoms with E-state index >= 15 is 0 Å². The monoisotopic (exact) mass is 432 g/mol. The van der Waals surface area contributed by atoms with Gasteiger partial charge in [0.25, 0.3) is 5.91 Å². The van der Waals surface area contributed by atoms with E-state index in [-0.39, 0.29) is 5.91 Å². The fourth-order valence-corrected chi connectivity index (χ4v) is 3.51. The molecule has 2 aromatic heterocycles. The first-order chi connectivity index (χ1) is 16.2. The molecule has 0 aliphatic rings. The van der Waals surface area contributed by atoms with Crippen LogP contribution in [0.4, 0.5) is 22.9 Å². The van der Waals surface area contributed by atoms with Crippen molar-refractivity contribution in [2.45, 2.75) is 0 Å². The number of benzene rings is 3. The summed E-state index contributed by atoms with van der Waals surface area (Å²) in [5, 5.41) is 7.21. The smallest absolute Gasteiger partial charge is 0.255 e. The molecule has 5 aromatic rings. The molecule has 0 saturated carbocycles. The van der Waals surface area contributed by atoms with E-state index in [2.05, 4.69) is 25.6 Å². The number of hydrogen-bond acceptors (Lipinski definition) is 6. The van der Waals surface area contributed by atoms with E-state index in [9.17, 15) is 4.79 Å². The van der Waals surface area contributed by atoms with E-state index < -0.39 is 0 Å². The molecule has 160 valence electrons. The van der Waals surface area contributed by atoms with E-state index in [1.807, 2.05) is 60.7 Å². The molecule has 4 N–H and O–H groups in total. The highest BCUT2D eigenvalue weighted by Gasteiger charge is 2.09. The predicted octanol–water partition coefficient (Wildman–Crippen LogP) is 5.27. The second kappa shape index (κ2) is 8.76. The molecule has 0 aliphatic heterocycles. The van der Waals surface area contributed by atoms with E-state index in [1.165, 1.54) is 6.33 Å². The molecule has 0 bridgehead atoms. The Bertz CT molecular complexity index is 1430. The minimum absolute atomic E-state index is 0.195. The van der Waals surface area contributed by atoms with Crippen LogP contribution < -0.4 is 16.4 Å². The van der Waals surface area contributed by atoms with Crippen molar-refractivity contribution < 1.29 is 4.79 Å². The lowest BCUT2D eigenvalue weighted by Gasteiger charge is -2.10. The molecule has 0 spiro atoms. The van der Waals surface area contributed by atoms with E-state index in [1.54, 1.807) is 30.5 Å². The van der Waals surface area contributed by atoms with Gasteiger partial charge in [0, 0.05) is 45.8 Å². The first kappa shape index (κ1) is 20.1. The molecular weight excluding hydrogens is 412 g/mol. The van der Waals surface area contributed by atoms with Gasteiger partial charge in [-0.2, -0.15) is 0 Å². The molecular formula is C26H20N6O. The van der Waals surface area contributed by atoms with Crippen LogP contribution in [0.1, 0.15) is 10.4 Å². The summed E-state index contributed by atoms with van der Waals surface area (Å²) < 4.78 is 0. The number of carbonyl (C=O) groups is 1. The van der Waals surface area contributed by atoms with Gasteiger partial charge >= 0.3 is 0 Å². The van der Waals surface area contributed by atoms with Crippen molar-refractivity contribution in [1.82, 2.24) is 15.0 Å². The van der Waals surface area contributed by atoms with Gasteiger partial charge in [-0.1, -0.05) is 24.3 Å². The minimum atomic E-state index is -0.195. The highest BCUT2D eigenvalue weighted by atomic mass is 16.1. The van der Waals surface area contributed by atoms with Crippen LogP contribution in [0.5, 0.6) is 0 Å². The van der Waals surface area contributed by atoms with E-state index in [0.29, 0.717) is 22.8 Å². The van der Waals surface area contributed by atoms with Crippen LogP contribution in [0.15, 0.2) is 97.5 Å². The van der Waals surface area contributed by atoms with Gasteiger partial charge in [-0.25, -0.2) is 9.97 Å². The molecule has 0 saturated heterocycles. The molecule has 5 rings (SSSR count). The van der Waals surface area contributed by atoms with Crippen LogP contribution in [0, 0.1) is 0 Å². The number of carbonyl (C=O) groups excluding carboxylic acids is 1. The maximum Gasteiger partial charge on any atom is 0.255 e. The third-order valence-corrected chi connectivity index (χ3v) is 5.16. The Morgan fingerprint density at radius 1 is 0.788 bits per heavy atom. The van der Waals surface area contributed by atoms with Crippen molar-refractivity contribution in [2.24, 2.45) is 0 Å². The van der Waals surface area contributed by atoms with Crippen LogP contribution in [0.3, 0.4) is 0 Å². The molecule has 0 aliphatic carbocycles. The number of para-hydroxylation sites is 1. The fourth-order valence-electron chi connectivity index (χ4n) is 3.51. The zero-order valence-corrected chi connectivity index (χ0v) is 17.6. The van der Waals surface area contributed by atoms with Crippen molar-refractivity contribution in [3.63, 3.8) is 0 Å². The van der Waals surface area contributed by atoms with Gasteiger partial charge in [-0.3, -0.25) is 9.78 Å². The lowest BCUT2D eigenvalue weighted by molar-refractivity contribution is 0.102. The van der Waals surface area contributed by atoms with Gasteiger partial charge in [-0.15, -0.1) is 0 Å². The summed E-state index contributed by atoms with van der Waals surface area (Å²) in [7, 11) is 0. The maximum atomic E-state index is 12.4. The standard InChI is InChI=1S/C26H20N6O/c27-19-8-6-18(7-9-19)26(33)32-21-12-10-20(11-13-21)31-24-15-23(29-16-30-24)22-5-1-3-17-4-2-14-28-25(17)22/h1-16H,27H2,(H,32,33)(H,29,30,31). The predicted molar refractivity (Wildman–Crippen MR) is 131 cm³/mol. The van der Waals surface area contributed by atoms with Crippen LogP contribution in [-0.2, 0) is 0 Å². The van der Waals surface area contributed by atoms with Gasteiger partial charge in [0.2, 0.25) is 0 Å². The van der Waals surface area contributed by atoms with Crippen molar-refractivity contribution in [3.05, 3.63) is 103 Å². The van der Waals surface area contributed by atoms with Crippen LogP contribution in [0.25, 0.3) is 22.2 Å². The molecule has 7 nitrogen and oxygen atoms in total. The van der Waals surface area contributed by atoms with Crippen LogP contribution >= 0.6 is 0 Å². The Hall–Kier alpha value is -4.78. The number of aromatic nitrogens is 3. The van der Waals surface area contributed by atoms with Crippen molar-refractivity contribution in [3.8, 4) is 11.3 Å². The summed E-state index contributed by atoms with van der Waals surface area (Å²) in [4.78, 5) is 25.7. The second-order valence-corrected chi connectivity index (χ2v) is 7.45. The van der Waals surface area contributed by atoms with Gasteiger partial charge in [0.1, 0.15) is 12.1 Å². The number of fused-ring (bicyclic) bond motifs is 1. The average molecular weight is 432 g/mol. The molecule has 0 unspecified atom stereocenters. The van der Waals surface area contributed by atoms with Gasteiger partial charge in [0.05, 0.1) is 11.2 Å². The number of anilines is 4. The zero-order chi connectivity index (χ0) is 22.6. The van der Waals surface area contributed by atoms with Gasteiger partial charge in [0.15, 0.2) is 0 Å². The summed E-state index contributed by atoms with van der Waals surface area (Å²) in [6.45, 7) is 0. The summed E-state index contributed by atoms with van der Waals surface area (Å²) in [6.07, 6.45) is 3.31. The fraction of sp³-hybridized carbons (Fsp3) is 0. The molecule has 1 amide bonds. The van der Waals surface area contributed by atoms with Crippen molar-refractivity contribution >= 4 is 39.7 Å². The Labute approximate surface area is 190 Å². The SMILES string of the molecule is Nc1ccc(C(=O)Nc2ccc(Nc3cc(-c4cccc5cccnc45)ncn3)cc2)cc1. The second-order valence-electron chi connectivity index (χ2n) is 7.45. The Morgan fingerprint density at radius 3 is 2.36 bits per heavy atom. The summed E-state index contributed by atoms with van der Waals surface area (Å²) in [6, 6.07) is 26.0. The molecule has 33 heavy (non-hydrogen) atoms. The van der Waals surface area contributed by atoms with Crippen molar-refractivity contribution in [1.29, 1.82) is 0 Å². The third kappa shape index (κ3) is 4.47. The van der Waals surface area contributed by atoms with Gasteiger partial charge < -0.3 is 16.4 Å². The lowest BCUT2D eigenvalue weighted by atomic mass is 10.1. The molecule has 0 fully saturated rings. The Kier molecular flexibility index (Phi) is 5.35. The summed E-state index contributed by atoms with van der Waals surface area (Å²) >= 11 is 0. The Balaban J connectivity index is 1.32. The molecule has 0 radical (unpaired) electrons. The number of nitrogens with two attached hydrogens (primary N) is 1. The van der Waals surface area contributed by atoms with Gasteiger partial charge in [-0.05, 0) is 54.6 Å². The number of nitrogens with one attached hydrogen (secondary N) is 2. The lowest BCUT2D eigenvalue weighted by Crippen LogP contribution is -2.11. The maximum absolute atomic E-state index is 12.4. The van der Waals surface area contributed by atoms with Crippen LogP contribution in [0.2, 0.25) is 0 Å². The number of rotatable bonds is 5. The molecule has 3 aromatic carbocycles. The quantitative estimate of drug-likeness (QED) is 0.327. The molecule has 7 heteroatoms. The normalized spacial score (nSPS) is 10.7. The molecule has 2 heterocycles. The summed E-state index contributed by atoms with van der Waals surface area (Å²) in [5.74, 6) is 0.464. The largest absolute Gasteiger partial charge is 0.399 e. The number of nitrogen functional groups attached to an aromatic ring is 1. The van der Waals surface area contributed by atoms with Crippen molar-refractivity contribution in [2.75, 3.05) is 16.4 Å². The third-order valence-electron chi connectivity index (χ3n) is 5.16. The topological polar surface area (TPSA) is 106 Å². The first-order valence-corrected chi connectivity index (χ1v) is 10.4. The number of hydrogen-bond donors (Lipinski definition) is 3. The molecule has 0 atom stereocenters.